The number of esters is 1. The molecule has 1 aliphatic carbocycles. The molecule has 0 amide bonds. The first-order chi connectivity index (χ1) is 28.6. The van der Waals surface area contributed by atoms with Gasteiger partial charge in [0.25, 0.3) is 5.69 Å². The zero-order chi connectivity index (χ0) is 41.8. The second-order valence-electron chi connectivity index (χ2n) is 15.2. The molecule has 0 bridgehead atoms. The van der Waals surface area contributed by atoms with Gasteiger partial charge in [-0.1, -0.05) is 87.9 Å². The number of benzene rings is 5. The summed E-state index contributed by atoms with van der Waals surface area (Å²) in [6, 6.07) is 40.5. The molecule has 10 nitrogen and oxygen atoms in total. The SMILES string of the molecule is CCCCN(CCOCCOc1ccc(C2(c3ccc(OCC)cc3)CC(C)(C)c3ccccc32)cc1)c1ccc(/C=C(\C#N)C(=O)Oc2ccc([N+](=O)[O-])cc2)cc1. The average Bonchev–Trinajstić information content (AvgIpc) is 3.50. The first-order valence-corrected chi connectivity index (χ1v) is 20.2. The first-order valence-electron chi connectivity index (χ1n) is 20.2. The third kappa shape index (κ3) is 10.00. The molecule has 0 fully saturated rings. The molecule has 6 rings (SSSR count). The van der Waals surface area contributed by atoms with Crippen molar-refractivity contribution < 1.29 is 28.7 Å². The summed E-state index contributed by atoms with van der Waals surface area (Å²) < 4.78 is 23.2. The third-order valence-corrected chi connectivity index (χ3v) is 10.8. The number of non-ortho nitro benzene ring substituents is 1. The molecular formula is C49H51N3O7. The Morgan fingerprint density at radius 2 is 1.39 bits per heavy atom. The lowest BCUT2D eigenvalue weighted by atomic mass is 9.68. The van der Waals surface area contributed by atoms with Crippen LogP contribution in [0.4, 0.5) is 11.4 Å². The van der Waals surface area contributed by atoms with Gasteiger partial charge >= 0.3 is 5.97 Å². The lowest BCUT2D eigenvalue weighted by molar-refractivity contribution is -0.384. The smallest absolute Gasteiger partial charge is 0.354 e. The Morgan fingerprint density at radius 3 is 1.98 bits per heavy atom. The molecule has 0 saturated carbocycles. The average molecular weight is 794 g/mol. The van der Waals surface area contributed by atoms with Gasteiger partial charge in [-0.25, -0.2) is 4.79 Å². The number of carbonyl (C=O) groups excluding carboxylic acids is 1. The van der Waals surface area contributed by atoms with Crippen LogP contribution in [0.25, 0.3) is 6.08 Å². The van der Waals surface area contributed by atoms with Crippen LogP contribution in [0.5, 0.6) is 17.2 Å². The minimum absolute atomic E-state index is 0.00439. The number of unbranched alkanes of at least 4 members (excludes halogenated alkanes) is 1. The molecule has 0 radical (unpaired) electrons. The fourth-order valence-corrected chi connectivity index (χ4v) is 7.92. The zero-order valence-corrected chi connectivity index (χ0v) is 34.2. The van der Waals surface area contributed by atoms with Crippen molar-refractivity contribution in [3.8, 4) is 23.3 Å². The van der Waals surface area contributed by atoms with E-state index in [0.29, 0.717) is 38.5 Å². The Morgan fingerprint density at radius 1 is 0.780 bits per heavy atom. The topological polar surface area (TPSA) is 124 Å². The maximum Gasteiger partial charge on any atom is 0.354 e. The van der Waals surface area contributed by atoms with Crippen LogP contribution in [0, 0.1) is 21.4 Å². The van der Waals surface area contributed by atoms with E-state index in [2.05, 4.69) is 98.5 Å². The monoisotopic (exact) mass is 793 g/mol. The van der Waals surface area contributed by atoms with Crippen molar-refractivity contribution >= 4 is 23.4 Å². The third-order valence-electron chi connectivity index (χ3n) is 10.8. The van der Waals surface area contributed by atoms with Crippen molar-refractivity contribution in [1.29, 1.82) is 5.26 Å². The predicted molar refractivity (Wildman–Crippen MR) is 230 cm³/mol. The van der Waals surface area contributed by atoms with Gasteiger partial charge in [-0.2, -0.15) is 5.26 Å². The van der Waals surface area contributed by atoms with Gasteiger partial charge < -0.3 is 23.8 Å². The zero-order valence-electron chi connectivity index (χ0n) is 34.2. The highest BCUT2D eigenvalue weighted by atomic mass is 16.6. The minimum Gasteiger partial charge on any atom is -0.494 e. The summed E-state index contributed by atoms with van der Waals surface area (Å²) in [6.45, 7) is 12.4. The summed E-state index contributed by atoms with van der Waals surface area (Å²) >= 11 is 0. The fourth-order valence-electron chi connectivity index (χ4n) is 7.92. The van der Waals surface area contributed by atoms with Crippen molar-refractivity contribution in [2.24, 2.45) is 0 Å². The van der Waals surface area contributed by atoms with Gasteiger partial charge in [0.2, 0.25) is 0 Å². The lowest BCUT2D eigenvalue weighted by Crippen LogP contribution is -2.29. The molecule has 59 heavy (non-hydrogen) atoms. The molecule has 0 spiro atoms. The summed E-state index contributed by atoms with van der Waals surface area (Å²) in [5.74, 6) is 0.929. The molecular weight excluding hydrogens is 743 g/mol. The normalized spacial score (nSPS) is 15.5. The van der Waals surface area contributed by atoms with E-state index in [1.54, 1.807) is 0 Å². The van der Waals surface area contributed by atoms with E-state index in [9.17, 15) is 20.2 Å². The summed E-state index contributed by atoms with van der Waals surface area (Å²) in [4.78, 5) is 25.3. The maximum atomic E-state index is 12.7. The van der Waals surface area contributed by atoms with E-state index in [1.807, 2.05) is 37.3 Å². The minimum atomic E-state index is -0.846. The summed E-state index contributed by atoms with van der Waals surface area (Å²) in [6.07, 6.45) is 4.46. The number of nitro benzene ring substituents is 1. The Hall–Kier alpha value is -6.44. The summed E-state index contributed by atoms with van der Waals surface area (Å²) in [5.41, 5.74) is 6.22. The lowest BCUT2D eigenvalue weighted by Gasteiger charge is -2.34. The van der Waals surface area contributed by atoms with Crippen LogP contribution in [0.15, 0.2) is 127 Å². The van der Waals surface area contributed by atoms with E-state index in [-0.39, 0.29) is 27.8 Å². The van der Waals surface area contributed by atoms with Crippen LogP contribution in [-0.4, -0.2) is 50.4 Å². The van der Waals surface area contributed by atoms with Crippen LogP contribution >= 0.6 is 0 Å². The van der Waals surface area contributed by atoms with Gasteiger partial charge in [0.15, 0.2) is 0 Å². The van der Waals surface area contributed by atoms with E-state index in [4.69, 9.17) is 18.9 Å². The molecule has 304 valence electrons. The molecule has 0 aromatic heterocycles. The van der Waals surface area contributed by atoms with Crippen LogP contribution in [0.2, 0.25) is 0 Å². The Bertz CT molecular complexity index is 2260. The number of hydrogen-bond donors (Lipinski definition) is 0. The van der Waals surface area contributed by atoms with Gasteiger partial charge in [0.1, 0.15) is 35.5 Å². The Balaban J connectivity index is 1.03. The van der Waals surface area contributed by atoms with Crippen molar-refractivity contribution in [2.75, 3.05) is 44.4 Å². The quantitative estimate of drug-likeness (QED) is 0.0153. The molecule has 10 heteroatoms. The number of nitro groups is 1. The van der Waals surface area contributed by atoms with Crippen LogP contribution in [0.3, 0.4) is 0 Å². The highest BCUT2D eigenvalue weighted by molar-refractivity contribution is 5.99. The number of rotatable bonds is 19. The van der Waals surface area contributed by atoms with Gasteiger partial charge in [0.05, 0.1) is 24.7 Å². The van der Waals surface area contributed by atoms with E-state index < -0.39 is 10.9 Å². The van der Waals surface area contributed by atoms with Crippen LogP contribution in [0.1, 0.15) is 74.8 Å². The van der Waals surface area contributed by atoms with E-state index in [0.717, 1.165) is 43.0 Å². The standard InChI is InChI=1S/C49H51N3O7/c1-5-7-28-51(40-18-12-36(13-19-40)33-37(34-50)47(53)59-44-26-20-41(21-27-44)52(54)55)29-30-56-31-32-58-43-24-16-39(17-25-43)49(38-14-22-42(23-15-38)57-6-2)35-48(3,4)45-10-8-9-11-46(45)49/h8-27,33H,5-7,28-32,35H2,1-4H3/b37-33+. The van der Waals surface area contributed by atoms with Crippen molar-refractivity contribution in [3.05, 3.63) is 165 Å². The molecule has 0 heterocycles. The summed E-state index contributed by atoms with van der Waals surface area (Å²) in [7, 11) is 0. The number of hydrogen-bond acceptors (Lipinski definition) is 9. The summed E-state index contributed by atoms with van der Waals surface area (Å²) in [5, 5.41) is 20.5. The number of nitrogens with zero attached hydrogens (tertiary/aromatic N) is 3. The highest BCUT2D eigenvalue weighted by Gasteiger charge is 2.49. The van der Waals surface area contributed by atoms with E-state index >= 15 is 0 Å². The fraction of sp³-hybridized carbons (Fsp3) is 0.306. The number of ether oxygens (including phenoxy) is 4. The predicted octanol–water partition coefficient (Wildman–Crippen LogP) is 10.2. The second-order valence-corrected chi connectivity index (χ2v) is 15.2. The highest BCUT2D eigenvalue weighted by Crippen LogP contribution is 2.56. The molecule has 0 N–H and O–H groups in total. The molecule has 5 aromatic rings. The number of carbonyl (C=O) groups is 1. The van der Waals surface area contributed by atoms with Gasteiger partial charge in [-0.3, -0.25) is 10.1 Å². The molecule has 1 atom stereocenters. The second kappa shape index (κ2) is 19.3. The van der Waals surface area contributed by atoms with Gasteiger partial charge in [-0.15, -0.1) is 0 Å². The van der Waals surface area contributed by atoms with Crippen LogP contribution < -0.4 is 19.1 Å². The van der Waals surface area contributed by atoms with Crippen LogP contribution in [-0.2, 0) is 20.4 Å². The van der Waals surface area contributed by atoms with Crippen molar-refractivity contribution in [1.82, 2.24) is 0 Å². The van der Waals surface area contributed by atoms with Gasteiger partial charge in [0, 0.05) is 36.3 Å². The molecule has 0 saturated heterocycles. The van der Waals surface area contributed by atoms with E-state index in [1.165, 1.54) is 52.6 Å². The maximum absolute atomic E-state index is 12.7. The molecule has 1 unspecified atom stereocenters. The number of anilines is 1. The first kappa shape index (κ1) is 42.2. The molecule has 0 aliphatic heterocycles. The molecule has 1 aliphatic rings. The number of nitriles is 1. The Labute approximate surface area is 346 Å². The number of fused-ring (bicyclic) bond motifs is 1. The largest absolute Gasteiger partial charge is 0.494 e. The Kier molecular flexibility index (Phi) is 13.8. The van der Waals surface area contributed by atoms with Crippen molar-refractivity contribution in [3.63, 3.8) is 0 Å². The van der Waals surface area contributed by atoms with Crippen molar-refractivity contribution in [2.45, 2.75) is 57.8 Å². The van der Waals surface area contributed by atoms with Gasteiger partial charge in [-0.05, 0) is 108 Å². The molecule has 5 aromatic carbocycles.